The number of carboxylic acids is 1. The molecule has 1 aromatic heterocycles. The van der Waals surface area contributed by atoms with Gasteiger partial charge in [0.15, 0.2) is 0 Å². The van der Waals surface area contributed by atoms with E-state index in [4.69, 9.17) is 9.52 Å². The molecule has 0 aliphatic rings. The number of furan rings is 1. The van der Waals surface area contributed by atoms with Crippen LogP contribution in [0.15, 0.2) is 21.6 Å². The number of carboxylic acid groups (broad SMARTS) is 1. The predicted molar refractivity (Wildman–Crippen MR) is 68.1 cm³/mol. The summed E-state index contributed by atoms with van der Waals surface area (Å²) in [6.45, 7) is 3.71. The summed E-state index contributed by atoms with van der Waals surface area (Å²) in [5.41, 5.74) is 0. The average molecular weight is 290 g/mol. The molecule has 1 aromatic rings. The smallest absolute Gasteiger partial charge is 0.320 e. The lowest BCUT2D eigenvalue weighted by Gasteiger charge is -2.16. The van der Waals surface area contributed by atoms with Crippen LogP contribution in [0.1, 0.15) is 19.6 Å². The Labute approximate surface area is 112 Å². The summed E-state index contributed by atoms with van der Waals surface area (Å²) in [5.74, 6) is -0.682. The van der Waals surface area contributed by atoms with E-state index < -0.39 is 22.0 Å². The quantitative estimate of drug-likeness (QED) is 0.670. The van der Waals surface area contributed by atoms with Crippen LogP contribution in [0.3, 0.4) is 0 Å². The van der Waals surface area contributed by atoms with E-state index >= 15 is 0 Å². The van der Waals surface area contributed by atoms with Crippen LogP contribution < -0.4 is 10.0 Å². The number of hydrogen-bond donors (Lipinski definition) is 3. The van der Waals surface area contributed by atoms with Crippen molar-refractivity contribution in [1.82, 2.24) is 10.0 Å². The third kappa shape index (κ3) is 4.05. The first-order chi connectivity index (χ1) is 8.77. The summed E-state index contributed by atoms with van der Waals surface area (Å²) in [6.07, 6.45) is 0. The van der Waals surface area contributed by atoms with Gasteiger partial charge in [0.2, 0.25) is 5.09 Å². The lowest BCUT2D eigenvalue weighted by molar-refractivity contribution is -0.140. The van der Waals surface area contributed by atoms with Gasteiger partial charge in [-0.15, -0.1) is 0 Å². The fraction of sp³-hybridized carbons (Fsp3) is 0.545. The minimum absolute atomic E-state index is 0.0898. The molecule has 7 nitrogen and oxygen atoms in total. The molecule has 1 unspecified atom stereocenters. The van der Waals surface area contributed by atoms with Crippen molar-refractivity contribution >= 4 is 16.0 Å². The largest absolute Gasteiger partial charge is 0.480 e. The van der Waals surface area contributed by atoms with Crippen molar-refractivity contribution in [3.8, 4) is 0 Å². The fourth-order valence-corrected chi connectivity index (χ4v) is 2.18. The first-order valence-corrected chi connectivity index (χ1v) is 7.24. The summed E-state index contributed by atoms with van der Waals surface area (Å²) < 4.78 is 30.2. The third-order valence-corrected chi connectivity index (χ3v) is 3.89. The number of sulfonamides is 1. The highest BCUT2D eigenvalue weighted by Crippen LogP contribution is 2.14. The SMILES string of the molecule is CNS(=O)(=O)c1ccc(CNC(C(=O)O)C(C)C)o1. The zero-order chi connectivity index (χ0) is 14.6. The van der Waals surface area contributed by atoms with E-state index in [2.05, 4.69) is 10.0 Å². The lowest BCUT2D eigenvalue weighted by Crippen LogP contribution is -2.40. The van der Waals surface area contributed by atoms with Gasteiger partial charge in [0.05, 0.1) is 6.54 Å². The molecule has 3 N–H and O–H groups in total. The van der Waals surface area contributed by atoms with E-state index in [1.54, 1.807) is 13.8 Å². The van der Waals surface area contributed by atoms with Gasteiger partial charge >= 0.3 is 5.97 Å². The fourth-order valence-electron chi connectivity index (χ4n) is 1.52. The maximum absolute atomic E-state index is 11.4. The second kappa shape index (κ2) is 6.18. The molecule has 0 bridgehead atoms. The first-order valence-electron chi connectivity index (χ1n) is 5.76. The highest BCUT2D eigenvalue weighted by molar-refractivity contribution is 7.89. The summed E-state index contributed by atoms with van der Waals surface area (Å²) in [6, 6.07) is 2.11. The van der Waals surface area contributed by atoms with Crippen LogP contribution in [-0.2, 0) is 21.4 Å². The zero-order valence-corrected chi connectivity index (χ0v) is 11.8. The minimum Gasteiger partial charge on any atom is -0.480 e. The van der Waals surface area contributed by atoms with Crippen molar-refractivity contribution in [2.45, 2.75) is 31.5 Å². The Morgan fingerprint density at radius 2 is 2.05 bits per heavy atom. The Bertz CT molecular complexity index is 535. The zero-order valence-electron chi connectivity index (χ0n) is 11.0. The van der Waals surface area contributed by atoms with E-state index in [1.807, 2.05) is 0 Å². The normalized spacial score (nSPS) is 13.7. The standard InChI is InChI=1S/C11H18N2O5S/c1-7(2)10(11(14)15)13-6-8-4-5-9(18-8)19(16,17)12-3/h4-5,7,10,12-13H,6H2,1-3H3,(H,14,15). The second-order valence-electron chi connectivity index (χ2n) is 4.37. The highest BCUT2D eigenvalue weighted by atomic mass is 32.2. The molecule has 8 heteroatoms. The van der Waals surface area contributed by atoms with Gasteiger partial charge in [-0.3, -0.25) is 10.1 Å². The maximum atomic E-state index is 11.4. The van der Waals surface area contributed by atoms with Crippen molar-refractivity contribution in [2.75, 3.05) is 7.05 Å². The van der Waals surface area contributed by atoms with Crippen LogP contribution in [0.5, 0.6) is 0 Å². The van der Waals surface area contributed by atoms with Crippen molar-refractivity contribution in [1.29, 1.82) is 0 Å². The van der Waals surface area contributed by atoms with Gasteiger partial charge in [0.1, 0.15) is 11.8 Å². The van der Waals surface area contributed by atoms with Crippen molar-refractivity contribution in [3.63, 3.8) is 0 Å². The molecule has 1 rings (SSSR count). The summed E-state index contributed by atoms with van der Waals surface area (Å²) in [4.78, 5) is 11.0. The Hall–Kier alpha value is -1.38. The second-order valence-corrected chi connectivity index (χ2v) is 6.19. The molecule has 0 aromatic carbocycles. The van der Waals surface area contributed by atoms with Crippen LogP contribution in [0.2, 0.25) is 0 Å². The topological polar surface area (TPSA) is 109 Å². The third-order valence-electron chi connectivity index (χ3n) is 2.60. The van der Waals surface area contributed by atoms with Gasteiger partial charge < -0.3 is 9.52 Å². The molecule has 0 saturated carbocycles. The summed E-state index contributed by atoms with van der Waals surface area (Å²) in [7, 11) is -2.32. The maximum Gasteiger partial charge on any atom is 0.320 e. The van der Waals surface area contributed by atoms with E-state index in [9.17, 15) is 13.2 Å². The molecular formula is C11H18N2O5S. The molecule has 0 saturated heterocycles. The molecule has 19 heavy (non-hydrogen) atoms. The number of rotatable bonds is 7. The van der Waals surface area contributed by atoms with Crippen LogP contribution in [0, 0.1) is 5.92 Å². The van der Waals surface area contributed by atoms with Crippen molar-refractivity contribution in [2.24, 2.45) is 5.92 Å². The average Bonchev–Trinajstić information content (AvgIpc) is 2.77. The Morgan fingerprint density at radius 1 is 1.42 bits per heavy atom. The molecule has 0 spiro atoms. The summed E-state index contributed by atoms with van der Waals surface area (Å²) >= 11 is 0. The molecule has 0 aliphatic carbocycles. The highest BCUT2D eigenvalue weighted by Gasteiger charge is 2.22. The van der Waals surface area contributed by atoms with E-state index in [-0.39, 0.29) is 17.6 Å². The van der Waals surface area contributed by atoms with Crippen LogP contribution in [0.4, 0.5) is 0 Å². The van der Waals surface area contributed by atoms with Gasteiger partial charge in [0, 0.05) is 0 Å². The molecule has 0 fully saturated rings. The molecule has 0 aliphatic heterocycles. The van der Waals surface area contributed by atoms with E-state index in [1.165, 1.54) is 19.2 Å². The Balaban J connectivity index is 2.72. The van der Waals surface area contributed by atoms with Crippen molar-refractivity contribution in [3.05, 3.63) is 17.9 Å². The number of nitrogens with one attached hydrogen (secondary N) is 2. The minimum atomic E-state index is -3.61. The number of carbonyl (C=O) groups is 1. The Kier molecular flexibility index (Phi) is 5.10. The van der Waals surface area contributed by atoms with E-state index in [0.717, 1.165) is 0 Å². The molecule has 1 heterocycles. The van der Waals surface area contributed by atoms with Crippen LogP contribution in [0.25, 0.3) is 0 Å². The van der Waals surface area contributed by atoms with Gasteiger partial charge in [-0.2, -0.15) is 0 Å². The first kappa shape index (κ1) is 15.7. The van der Waals surface area contributed by atoms with E-state index in [0.29, 0.717) is 5.76 Å². The molecule has 0 amide bonds. The van der Waals surface area contributed by atoms with Crippen LogP contribution >= 0.6 is 0 Å². The van der Waals surface area contributed by atoms with Crippen molar-refractivity contribution < 1.29 is 22.7 Å². The molecular weight excluding hydrogens is 272 g/mol. The van der Waals surface area contributed by atoms with Gasteiger partial charge in [-0.05, 0) is 25.1 Å². The summed E-state index contributed by atoms with van der Waals surface area (Å²) in [5, 5.41) is 11.6. The number of hydrogen-bond acceptors (Lipinski definition) is 5. The monoisotopic (exact) mass is 290 g/mol. The van der Waals surface area contributed by atoms with Gasteiger partial charge in [-0.25, -0.2) is 13.1 Å². The molecule has 1 atom stereocenters. The van der Waals surface area contributed by atoms with Crippen LogP contribution in [-0.4, -0.2) is 32.6 Å². The predicted octanol–water partition coefficient (Wildman–Crippen LogP) is 0.387. The van der Waals surface area contributed by atoms with Gasteiger partial charge in [-0.1, -0.05) is 13.8 Å². The number of aliphatic carboxylic acids is 1. The molecule has 0 radical (unpaired) electrons. The molecule has 108 valence electrons. The lowest BCUT2D eigenvalue weighted by atomic mass is 10.1. The van der Waals surface area contributed by atoms with Gasteiger partial charge in [0.25, 0.3) is 10.0 Å². The Morgan fingerprint density at radius 3 is 2.53 bits per heavy atom.